The number of hydrogen-bond acceptors (Lipinski definition) is 2. The molecular weight excluding hydrogens is 320 g/mol. The van der Waals surface area contributed by atoms with Crippen molar-refractivity contribution in [2.24, 2.45) is 0 Å². The zero-order valence-electron chi connectivity index (χ0n) is 11.3. The van der Waals surface area contributed by atoms with Gasteiger partial charge in [0.25, 0.3) is 5.56 Å². The van der Waals surface area contributed by atoms with E-state index in [0.29, 0.717) is 5.56 Å². The molecule has 0 saturated heterocycles. The number of aryl methyl sites for hydroxylation is 2. The van der Waals surface area contributed by atoms with Crippen LogP contribution < -0.4 is 10.9 Å². The van der Waals surface area contributed by atoms with Crippen LogP contribution >= 0.6 is 15.9 Å². The summed E-state index contributed by atoms with van der Waals surface area (Å²) in [6.45, 7) is 3.66. The van der Waals surface area contributed by atoms with Crippen molar-refractivity contribution in [1.82, 2.24) is 4.57 Å². The summed E-state index contributed by atoms with van der Waals surface area (Å²) in [7, 11) is 0. The van der Waals surface area contributed by atoms with Gasteiger partial charge in [0.15, 0.2) is 0 Å². The van der Waals surface area contributed by atoms with E-state index in [1.54, 1.807) is 25.3 Å². The van der Waals surface area contributed by atoms with E-state index >= 15 is 0 Å². The van der Waals surface area contributed by atoms with Crippen LogP contribution in [-0.2, 0) is 11.3 Å². The minimum absolute atomic E-state index is 0.00994. The molecule has 0 saturated carbocycles. The highest BCUT2D eigenvalue weighted by molar-refractivity contribution is 9.10. The second-order valence-electron chi connectivity index (χ2n) is 4.63. The first kappa shape index (κ1) is 14.5. The highest BCUT2D eigenvalue weighted by Gasteiger charge is 2.07. The van der Waals surface area contributed by atoms with Crippen LogP contribution in [0, 0.1) is 13.8 Å². The molecule has 2 aromatic rings. The number of carbonyl (C=O) groups excluding carboxylic acids is 1. The van der Waals surface area contributed by atoms with Gasteiger partial charge >= 0.3 is 0 Å². The normalized spacial score (nSPS) is 10.3. The summed E-state index contributed by atoms with van der Waals surface area (Å²) in [5.74, 6) is -0.219. The Morgan fingerprint density at radius 3 is 2.70 bits per heavy atom. The third kappa shape index (κ3) is 3.36. The quantitative estimate of drug-likeness (QED) is 0.938. The van der Waals surface area contributed by atoms with Crippen molar-refractivity contribution >= 4 is 27.5 Å². The second-order valence-corrected chi connectivity index (χ2v) is 5.55. The fourth-order valence-electron chi connectivity index (χ4n) is 1.89. The van der Waals surface area contributed by atoms with Crippen LogP contribution in [0.1, 0.15) is 11.1 Å². The lowest BCUT2D eigenvalue weighted by molar-refractivity contribution is -0.116. The highest BCUT2D eigenvalue weighted by atomic mass is 79.9. The van der Waals surface area contributed by atoms with Crippen molar-refractivity contribution in [3.8, 4) is 0 Å². The van der Waals surface area contributed by atoms with E-state index in [1.165, 1.54) is 4.57 Å². The molecule has 1 amide bonds. The molecule has 0 aliphatic heterocycles. The number of benzene rings is 1. The minimum Gasteiger partial charge on any atom is -0.324 e. The van der Waals surface area contributed by atoms with Crippen molar-refractivity contribution in [1.29, 1.82) is 0 Å². The number of rotatable bonds is 3. The third-order valence-electron chi connectivity index (χ3n) is 2.99. The summed E-state index contributed by atoms with van der Waals surface area (Å²) >= 11 is 3.38. The van der Waals surface area contributed by atoms with Gasteiger partial charge in [-0.2, -0.15) is 0 Å². The molecule has 0 aliphatic rings. The van der Waals surface area contributed by atoms with Crippen molar-refractivity contribution in [2.75, 3.05) is 5.32 Å². The molecule has 1 heterocycles. The lowest BCUT2D eigenvalue weighted by atomic mass is 10.2. The first-order valence-corrected chi connectivity index (χ1v) is 6.99. The largest absolute Gasteiger partial charge is 0.324 e. The summed E-state index contributed by atoms with van der Waals surface area (Å²) in [6.07, 6.45) is 1.61. The maximum atomic E-state index is 12.0. The lowest BCUT2D eigenvalue weighted by Crippen LogP contribution is -2.28. The summed E-state index contributed by atoms with van der Waals surface area (Å²) in [5.41, 5.74) is 2.19. The van der Waals surface area contributed by atoms with Crippen molar-refractivity contribution in [2.45, 2.75) is 20.4 Å². The van der Waals surface area contributed by atoms with Crippen molar-refractivity contribution < 1.29 is 4.79 Å². The Labute approximate surface area is 125 Å². The predicted molar refractivity (Wildman–Crippen MR) is 82.9 cm³/mol. The molecule has 1 aromatic carbocycles. The Morgan fingerprint density at radius 2 is 2.00 bits per heavy atom. The number of amides is 1. The lowest BCUT2D eigenvalue weighted by Gasteiger charge is -2.10. The van der Waals surface area contributed by atoms with Gasteiger partial charge in [-0.15, -0.1) is 0 Å². The fraction of sp³-hybridized carbons (Fsp3) is 0.200. The average Bonchev–Trinajstić information content (AvgIpc) is 2.38. The van der Waals surface area contributed by atoms with Crippen LogP contribution in [0.2, 0.25) is 0 Å². The Hall–Kier alpha value is -1.88. The van der Waals surface area contributed by atoms with Crippen molar-refractivity contribution in [3.05, 3.63) is 62.5 Å². The number of hydrogen-bond donors (Lipinski definition) is 1. The van der Waals surface area contributed by atoms with E-state index in [9.17, 15) is 9.59 Å². The van der Waals surface area contributed by atoms with Crippen LogP contribution in [0.15, 0.2) is 45.8 Å². The molecular formula is C15H15BrN2O2. The van der Waals surface area contributed by atoms with Gasteiger partial charge in [0, 0.05) is 21.9 Å². The monoisotopic (exact) mass is 334 g/mol. The van der Waals surface area contributed by atoms with Gasteiger partial charge in [-0.1, -0.05) is 22.0 Å². The third-order valence-corrected chi connectivity index (χ3v) is 3.48. The molecule has 20 heavy (non-hydrogen) atoms. The number of nitrogens with one attached hydrogen (secondary N) is 1. The second kappa shape index (κ2) is 6.05. The topological polar surface area (TPSA) is 51.1 Å². The Bertz CT molecular complexity index is 707. The van der Waals surface area contributed by atoms with E-state index in [1.807, 2.05) is 25.1 Å². The molecule has 104 valence electrons. The number of nitrogens with zero attached hydrogens (tertiary/aromatic N) is 1. The van der Waals surface area contributed by atoms with Crippen LogP contribution in [0.3, 0.4) is 0 Å². The number of aromatic nitrogens is 1. The zero-order valence-corrected chi connectivity index (χ0v) is 12.9. The fourth-order valence-corrected chi connectivity index (χ4v) is 2.37. The maximum Gasteiger partial charge on any atom is 0.253 e. The van der Waals surface area contributed by atoms with E-state index in [2.05, 4.69) is 21.2 Å². The first-order chi connectivity index (χ1) is 9.47. The van der Waals surface area contributed by atoms with Crippen LogP contribution in [0.25, 0.3) is 0 Å². The van der Waals surface area contributed by atoms with E-state index in [0.717, 1.165) is 15.7 Å². The molecule has 1 N–H and O–H groups in total. The molecule has 0 radical (unpaired) electrons. The average molecular weight is 335 g/mol. The number of pyridine rings is 1. The van der Waals surface area contributed by atoms with Gasteiger partial charge in [-0.3, -0.25) is 9.59 Å². The molecule has 0 aliphatic carbocycles. The molecule has 0 unspecified atom stereocenters. The standard InChI is InChI=1S/C15H15BrN2O2/c1-10-4-3-7-18(15(10)20)9-14(19)17-13-6-5-12(16)8-11(13)2/h3-8H,9H2,1-2H3,(H,17,19). The Balaban J connectivity index is 2.13. The van der Waals surface area contributed by atoms with E-state index in [-0.39, 0.29) is 18.0 Å². The van der Waals surface area contributed by atoms with E-state index in [4.69, 9.17) is 0 Å². The molecule has 0 bridgehead atoms. The maximum absolute atomic E-state index is 12.0. The van der Waals surface area contributed by atoms with Crippen LogP contribution in [0.5, 0.6) is 0 Å². The van der Waals surface area contributed by atoms with Gasteiger partial charge in [0.1, 0.15) is 6.54 Å². The van der Waals surface area contributed by atoms with Gasteiger partial charge in [-0.25, -0.2) is 0 Å². The highest BCUT2D eigenvalue weighted by Crippen LogP contribution is 2.19. The molecule has 2 rings (SSSR count). The van der Waals surface area contributed by atoms with Crippen molar-refractivity contribution in [3.63, 3.8) is 0 Å². The van der Waals surface area contributed by atoms with E-state index < -0.39 is 0 Å². The smallest absolute Gasteiger partial charge is 0.253 e. The summed E-state index contributed by atoms with van der Waals surface area (Å²) < 4.78 is 2.36. The minimum atomic E-state index is -0.219. The van der Waals surface area contributed by atoms with Crippen LogP contribution in [0.4, 0.5) is 5.69 Å². The van der Waals surface area contributed by atoms with Crippen LogP contribution in [-0.4, -0.2) is 10.5 Å². The van der Waals surface area contributed by atoms with Gasteiger partial charge < -0.3 is 9.88 Å². The molecule has 1 aromatic heterocycles. The Morgan fingerprint density at radius 1 is 1.25 bits per heavy atom. The summed E-state index contributed by atoms with van der Waals surface area (Å²) in [4.78, 5) is 23.8. The van der Waals surface area contributed by atoms with Gasteiger partial charge in [-0.05, 0) is 43.7 Å². The molecule has 5 heteroatoms. The summed E-state index contributed by atoms with van der Waals surface area (Å²) in [5, 5.41) is 2.81. The Kier molecular flexibility index (Phi) is 4.39. The molecule has 0 spiro atoms. The molecule has 4 nitrogen and oxygen atoms in total. The molecule has 0 atom stereocenters. The predicted octanol–water partition coefficient (Wildman–Crippen LogP) is 2.87. The molecule has 0 fully saturated rings. The van der Waals surface area contributed by atoms with Gasteiger partial charge in [0.05, 0.1) is 0 Å². The SMILES string of the molecule is Cc1cc(Br)ccc1NC(=O)Cn1cccc(C)c1=O. The summed E-state index contributed by atoms with van der Waals surface area (Å²) in [6, 6.07) is 9.11. The number of anilines is 1. The number of halogens is 1. The first-order valence-electron chi connectivity index (χ1n) is 6.19. The number of carbonyl (C=O) groups is 1. The van der Waals surface area contributed by atoms with Gasteiger partial charge in [0.2, 0.25) is 5.91 Å². The zero-order chi connectivity index (χ0) is 14.7.